The highest BCUT2D eigenvalue weighted by Crippen LogP contribution is 2.30. The van der Waals surface area contributed by atoms with Crippen LogP contribution in [0.15, 0.2) is 45.8 Å². The Kier molecular flexibility index (Phi) is 3.67. The number of benzene rings is 1. The van der Waals surface area contributed by atoms with Gasteiger partial charge in [0, 0.05) is 24.1 Å². The summed E-state index contributed by atoms with van der Waals surface area (Å²) >= 11 is 0. The van der Waals surface area contributed by atoms with Crippen molar-refractivity contribution in [3.05, 3.63) is 58.1 Å². The second-order valence-electron chi connectivity index (χ2n) is 3.75. The maximum atomic E-state index is 11.3. The zero-order valence-corrected chi connectivity index (χ0v) is 10.3. The molecular formula is C14H14O4. The van der Waals surface area contributed by atoms with Gasteiger partial charge in [-0.1, -0.05) is 6.07 Å². The molecule has 0 unspecified atom stereocenters. The minimum absolute atomic E-state index is 0.0786. The Bertz CT molecular complexity index is 564. The molecule has 0 saturated heterocycles. The third-order valence-corrected chi connectivity index (χ3v) is 2.64. The molecule has 0 aliphatic heterocycles. The number of methoxy groups -OCH3 is 2. The van der Waals surface area contributed by atoms with Gasteiger partial charge in [-0.15, -0.1) is 0 Å². The lowest BCUT2D eigenvalue weighted by molar-refractivity contribution is 0.383. The molecule has 0 aliphatic carbocycles. The van der Waals surface area contributed by atoms with Gasteiger partial charge in [0.05, 0.1) is 20.5 Å². The summed E-state index contributed by atoms with van der Waals surface area (Å²) in [5, 5.41) is 0. The first-order chi connectivity index (χ1) is 8.74. The normalized spacial score (nSPS) is 10.1. The van der Waals surface area contributed by atoms with E-state index in [9.17, 15) is 4.79 Å². The Hall–Kier alpha value is -2.23. The van der Waals surface area contributed by atoms with E-state index < -0.39 is 0 Å². The van der Waals surface area contributed by atoms with Gasteiger partial charge in [-0.2, -0.15) is 0 Å². The maximum absolute atomic E-state index is 11.3. The Morgan fingerprint density at radius 2 is 1.78 bits per heavy atom. The fourth-order valence-electron chi connectivity index (χ4n) is 1.80. The minimum atomic E-state index is -0.0786. The molecule has 0 atom stereocenters. The van der Waals surface area contributed by atoms with Crippen LogP contribution in [0.5, 0.6) is 11.5 Å². The van der Waals surface area contributed by atoms with Gasteiger partial charge in [-0.05, 0) is 12.1 Å². The summed E-state index contributed by atoms with van der Waals surface area (Å²) in [6, 6.07) is 8.38. The quantitative estimate of drug-likeness (QED) is 0.830. The highest BCUT2D eigenvalue weighted by Gasteiger charge is 2.11. The first kappa shape index (κ1) is 12.2. The standard InChI is InChI=1S/C14H14O4/c1-16-13-4-3-5-14(17-2)12(13)9-11-8-10(15)6-7-18-11/h3-8H,9H2,1-2H3. The monoisotopic (exact) mass is 246 g/mol. The molecule has 18 heavy (non-hydrogen) atoms. The molecule has 1 heterocycles. The fourth-order valence-corrected chi connectivity index (χ4v) is 1.80. The number of ether oxygens (including phenoxy) is 2. The zero-order chi connectivity index (χ0) is 13.0. The van der Waals surface area contributed by atoms with Crippen molar-refractivity contribution in [2.24, 2.45) is 0 Å². The summed E-state index contributed by atoms with van der Waals surface area (Å²) in [5.74, 6) is 1.99. The smallest absolute Gasteiger partial charge is 0.185 e. The largest absolute Gasteiger partial charge is 0.496 e. The van der Waals surface area contributed by atoms with E-state index in [2.05, 4.69) is 0 Å². The molecular weight excluding hydrogens is 232 g/mol. The van der Waals surface area contributed by atoms with Crippen LogP contribution in [0, 0.1) is 0 Å². The molecule has 2 aromatic rings. The summed E-state index contributed by atoms with van der Waals surface area (Å²) in [6.45, 7) is 0. The number of rotatable bonds is 4. The first-order valence-corrected chi connectivity index (χ1v) is 5.52. The lowest BCUT2D eigenvalue weighted by atomic mass is 10.1. The summed E-state index contributed by atoms with van der Waals surface area (Å²) in [7, 11) is 3.19. The molecule has 1 aromatic carbocycles. The Labute approximate surface area is 105 Å². The van der Waals surface area contributed by atoms with E-state index in [0.29, 0.717) is 23.7 Å². The molecule has 4 nitrogen and oxygen atoms in total. The molecule has 0 fully saturated rings. The van der Waals surface area contributed by atoms with Crippen LogP contribution in [0.4, 0.5) is 0 Å². The fraction of sp³-hybridized carbons (Fsp3) is 0.214. The zero-order valence-electron chi connectivity index (χ0n) is 10.3. The average molecular weight is 246 g/mol. The molecule has 0 saturated carbocycles. The Morgan fingerprint density at radius 1 is 1.11 bits per heavy atom. The van der Waals surface area contributed by atoms with Gasteiger partial charge >= 0.3 is 0 Å². The molecule has 2 rings (SSSR count). The topological polar surface area (TPSA) is 48.7 Å². The first-order valence-electron chi connectivity index (χ1n) is 5.52. The van der Waals surface area contributed by atoms with Gasteiger partial charge in [0.15, 0.2) is 5.43 Å². The van der Waals surface area contributed by atoms with Crippen LogP contribution in [0.1, 0.15) is 11.3 Å². The Balaban J connectivity index is 2.41. The predicted octanol–water partition coefficient (Wildman–Crippen LogP) is 2.25. The molecule has 94 valence electrons. The predicted molar refractivity (Wildman–Crippen MR) is 67.3 cm³/mol. The second-order valence-corrected chi connectivity index (χ2v) is 3.75. The lowest BCUT2D eigenvalue weighted by Gasteiger charge is -2.12. The van der Waals surface area contributed by atoms with Crippen LogP contribution in [-0.4, -0.2) is 14.2 Å². The van der Waals surface area contributed by atoms with Crippen molar-refractivity contribution in [3.63, 3.8) is 0 Å². The van der Waals surface area contributed by atoms with Gasteiger partial charge < -0.3 is 13.9 Å². The lowest BCUT2D eigenvalue weighted by Crippen LogP contribution is -2.01. The van der Waals surface area contributed by atoms with Crippen molar-refractivity contribution in [2.75, 3.05) is 14.2 Å². The van der Waals surface area contributed by atoms with E-state index in [1.54, 1.807) is 14.2 Å². The van der Waals surface area contributed by atoms with Crippen molar-refractivity contribution in [3.8, 4) is 11.5 Å². The van der Waals surface area contributed by atoms with Crippen molar-refractivity contribution >= 4 is 0 Å². The molecule has 0 amide bonds. The average Bonchev–Trinajstić information content (AvgIpc) is 2.39. The highest BCUT2D eigenvalue weighted by molar-refractivity contribution is 5.46. The van der Waals surface area contributed by atoms with Crippen molar-refractivity contribution in [1.29, 1.82) is 0 Å². The summed E-state index contributed by atoms with van der Waals surface area (Å²) in [6.07, 6.45) is 1.84. The molecule has 1 aromatic heterocycles. The second kappa shape index (κ2) is 5.40. The third kappa shape index (κ3) is 2.53. The van der Waals surface area contributed by atoms with Crippen LogP contribution >= 0.6 is 0 Å². The Morgan fingerprint density at radius 3 is 2.33 bits per heavy atom. The van der Waals surface area contributed by atoms with Gasteiger partial charge in [0.1, 0.15) is 17.3 Å². The SMILES string of the molecule is COc1cccc(OC)c1Cc1cc(=O)cco1. The van der Waals surface area contributed by atoms with Crippen LogP contribution in [0.2, 0.25) is 0 Å². The van der Waals surface area contributed by atoms with E-state index in [1.807, 2.05) is 18.2 Å². The minimum Gasteiger partial charge on any atom is -0.496 e. The van der Waals surface area contributed by atoms with Crippen LogP contribution in [0.25, 0.3) is 0 Å². The van der Waals surface area contributed by atoms with E-state index >= 15 is 0 Å². The number of hydrogen-bond donors (Lipinski definition) is 0. The van der Waals surface area contributed by atoms with Crippen molar-refractivity contribution < 1.29 is 13.9 Å². The molecule has 4 heteroatoms. The molecule has 0 spiro atoms. The van der Waals surface area contributed by atoms with Crippen LogP contribution in [-0.2, 0) is 6.42 Å². The maximum Gasteiger partial charge on any atom is 0.185 e. The summed E-state index contributed by atoms with van der Waals surface area (Å²) in [5.41, 5.74) is 0.780. The molecule has 0 radical (unpaired) electrons. The number of hydrogen-bond acceptors (Lipinski definition) is 4. The third-order valence-electron chi connectivity index (χ3n) is 2.64. The summed E-state index contributed by atoms with van der Waals surface area (Å²) in [4.78, 5) is 11.3. The molecule has 0 N–H and O–H groups in total. The molecule has 0 bridgehead atoms. The highest BCUT2D eigenvalue weighted by atomic mass is 16.5. The van der Waals surface area contributed by atoms with Crippen LogP contribution in [0.3, 0.4) is 0 Å². The van der Waals surface area contributed by atoms with Crippen molar-refractivity contribution in [1.82, 2.24) is 0 Å². The van der Waals surface area contributed by atoms with E-state index in [-0.39, 0.29) is 5.43 Å². The van der Waals surface area contributed by atoms with Crippen LogP contribution < -0.4 is 14.9 Å². The van der Waals surface area contributed by atoms with Gasteiger partial charge in [0.2, 0.25) is 0 Å². The van der Waals surface area contributed by atoms with Crippen molar-refractivity contribution in [2.45, 2.75) is 6.42 Å². The van der Waals surface area contributed by atoms with Gasteiger partial charge in [-0.25, -0.2) is 0 Å². The van der Waals surface area contributed by atoms with E-state index in [0.717, 1.165) is 5.56 Å². The van der Waals surface area contributed by atoms with E-state index in [1.165, 1.54) is 18.4 Å². The van der Waals surface area contributed by atoms with Gasteiger partial charge in [-0.3, -0.25) is 4.79 Å². The summed E-state index contributed by atoms with van der Waals surface area (Å²) < 4.78 is 15.9. The van der Waals surface area contributed by atoms with Gasteiger partial charge in [0.25, 0.3) is 0 Å². The molecule has 0 aliphatic rings. The van der Waals surface area contributed by atoms with E-state index in [4.69, 9.17) is 13.9 Å².